The molecular formula is C24H28Cl2FN3O. The van der Waals surface area contributed by atoms with Crippen molar-refractivity contribution >= 4 is 29.1 Å². The quantitative estimate of drug-likeness (QED) is 0.625. The molecule has 4 nitrogen and oxygen atoms in total. The molecule has 31 heavy (non-hydrogen) atoms. The Labute approximate surface area is 193 Å². The van der Waals surface area contributed by atoms with Crippen LogP contribution in [-0.4, -0.2) is 41.4 Å². The van der Waals surface area contributed by atoms with E-state index in [2.05, 4.69) is 23.6 Å². The van der Waals surface area contributed by atoms with E-state index in [0.717, 1.165) is 49.2 Å². The summed E-state index contributed by atoms with van der Waals surface area (Å²) < 4.78 is 14.5. The lowest BCUT2D eigenvalue weighted by atomic mass is 9.98. The summed E-state index contributed by atoms with van der Waals surface area (Å²) in [7, 11) is 0. The third-order valence-corrected chi connectivity index (χ3v) is 6.97. The molecule has 1 saturated heterocycles. The van der Waals surface area contributed by atoms with E-state index in [1.807, 2.05) is 12.1 Å². The first-order valence-corrected chi connectivity index (χ1v) is 11.5. The second kappa shape index (κ2) is 9.07. The standard InChI is InChI=1S/C24H28Cl2FN3O/c1-14-12-29(5-6-30(14)15(2)17-7-19(25)10-20(26)8-17)13-18-9-23(27)22(24(28)31)11-21(18)16-3-4-16/h7-11,14-16H,3-6,12-13H2,1-2H3,(H2,28,31)/t14-,15-/m1/s1. The summed E-state index contributed by atoms with van der Waals surface area (Å²) in [5.41, 5.74) is 8.51. The van der Waals surface area contributed by atoms with Gasteiger partial charge in [-0.15, -0.1) is 0 Å². The number of carbonyl (C=O) groups is 1. The normalized spacial score (nSPS) is 21.3. The summed E-state index contributed by atoms with van der Waals surface area (Å²) in [5.74, 6) is -0.812. The van der Waals surface area contributed by atoms with Crippen molar-refractivity contribution < 1.29 is 9.18 Å². The van der Waals surface area contributed by atoms with Crippen molar-refractivity contribution in [3.63, 3.8) is 0 Å². The predicted molar refractivity (Wildman–Crippen MR) is 123 cm³/mol. The van der Waals surface area contributed by atoms with E-state index in [0.29, 0.717) is 28.5 Å². The second-order valence-corrected chi connectivity index (χ2v) is 9.74. The molecule has 2 aromatic carbocycles. The van der Waals surface area contributed by atoms with E-state index in [1.165, 1.54) is 6.07 Å². The van der Waals surface area contributed by atoms with Crippen LogP contribution in [0.25, 0.3) is 0 Å². The Morgan fingerprint density at radius 1 is 1.16 bits per heavy atom. The molecule has 0 bridgehead atoms. The molecule has 4 rings (SSSR count). The van der Waals surface area contributed by atoms with Crippen LogP contribution in [0.2, 0.25) is 10.0 Å². The highest BCUT2D eigenvalue weighted by molar-refractivity contribution is 6.34. The van der Waals surface area contributed by atoms with Crippen LogP contribution in [-0.2, 0) is 6.54 Å². The summed E-state index contributed by atoms with van der Waals surface area (Å²) in [6, 6.07) is 9.41. The van der Waals surface area contributed by atoms with Gasteiger partial charge in [0.1, 0.15) is 5.82 Å². The zero-order chi connectivity index (χ0) is 22.3. The number of rotatable bonds is 6. The number of primary amides is 1. The summed E-state index contributed by atoms with van der Waals surface area (Å²) in [6.45, 7) is 7.73. The number of halogens is 3. The summed E-state index contributed by atoms with van der Waals surface area (Å²) in [6.07, 6.45) is 2.17. The number of benzene rings is 2. The van der Waals surface area contributed by atoms with Crippen LogP contribution in [0, 0.1) is 5.82 Å². The Bertz CT molecular complexity index is 975. The van der Waals surface area contributed by atoms with Crippen LogP contribution < -0.4 is 5.73 Å². The average Bonchev–Trinajstić information content (AvgIpc) is 3.52. The molecule has 1 heterocycles. The van der Waals surface area contributed by atoms with E-state index in [1.54, 1.807) is 12.1 Å². The minimum absolute atomic E-state index is 0.00200. The van der Waals surface area contributed by atoms with Gasteiger partial charge in [0.25, 0.3) is 5.91 Å². The van der Waals surface area contributed by atoms with Gasteiger partial charge in [-0.3, -0.25) is 14.6 Å². The van der Waals surface area contributed by atoms with Crippen LogP contribution in [0.4, 0.5) is 4.39 Å². The van der Waals surface area contributed by atoms with Gasteiger partial charge in [-0.05, 0) is 79.6 Å². The molecule has 2 atom stereocenters. The van der Waals surface area contributed by atoms with Crippen LogP contribution in [0.1, 0.15) is 65.7 Å². The first-order chi connectivity index (χ1) is 14.7. The minimum Gasteiger partial charge on any atom is -0.366 e. The summed E-state index contributed by atoms with van der Waals surface area (Å²) in [5, 5.41) is 1.30. The molecule has 1 aliphatic heterocycles. The number of amides is 1. The lowest BCUT2D eigenvalue weighted by Gasteiger charge is -2.43. The first kappa shape index (κ1) is 22.5. The van der Waals surface area contributed by atoms with Crippen LogP contribution in [0.15, 0.2) is 30.3 Å². The Hall–Kier alpha value is -1.66. The largest absolute Gasteiger partial charge is 0.366 e. The van der Waals surface area contributed by atoms with Crippen molar-refractivity contribution in [2.24, 2.45) is 5.73 Å². The Kier molecular flexibility index (Phi) is 6.59. The lowest BCUT2D eigenvalue weighted by molar-refractivity contribution is 0.0503. The first-order valence-electron chi connectivity index (χ1n) is 10.8. The number of nitrogens with two attached hydrogens (primary N) is 1. The van der Waals surface area contributed by atoms with Crippen molar-refractivity contribution in [1.29, 1.82) is 0 Å². The zero-order valence-corrected chi connectivity index (χ0v) is 19.4. The highest BCUT2D eigenvalue weighted by atomic mass is 35.5. The summed E-state index contributed by atoms with van der Waals surface area (Å²) >= 11 is 12.4. The van der Waals surface area contributed by atoms with Gasteiger partial charge < -0.3 is 5.73 Å². The third kappa shape index (κ3) is 5.06. The molecule has 2 N–H and O–H groups in total. The minimum atomic E-state index is -0.705. The van der Waals surface area contributed by atoms with Gasteiger partial charge >= 0.3 is 0 Å². The van der Waals surface area contributed by atoms with Crippen molar-refractivity contribution in [1.82, 2.24) is 9.80 Å². The fourth-order valence-corrected chi connectivity index (χ4v) is 5.29. The van der Waals surface area contributed by atoms with Gasteiger partial charge in [-0.2, -0.15) is 0 Å². The zero-order valence-electron chi connectivity index (χ0n) is 17.9. The Morgan fingerprint density at radius 2 is 1.84 bits per heavy atom. The average molecular weight is 464 g/mol. The topological polar surface area (TPSA) is 49.6 Å². The molecule has 1 aliphatic carbocycles. The molecule has 2 aromatic rings. The highest BCUT2D eigenvalue weighted by Crippen LogP contribution is 2.43. The predicted octanol–water partition coefficient (Wildman–Crippen LogP) is 5.38. The molecular weight excluding hydrogens is 436 g/mol. The van der Waals surface area contributed by atoms with E-state index in [4.69, 9.17) is 28.9 Å². The third-order valence-electron chi connectivity index (χ3n) is 6.53. The van der Waals surface area contributed by atoms with Gasteiger partial charge in [0.05, 0.1) is 5.56 Å². The van der Waals surface area contributed by atoms with Crippen molar-refractivity contribution in [2.75, 3.05) is 19.6 Å². The Morgan fingerprint density at radius 3 is 2.42 bits per heavy atom. The molecule has 0 spiro atoms. The van der Waals surface area contributed by atoms with Crippen LogP contribution >= 0.6 is 23.2 Å². The van der Waals surface area contributed by atoms with Gasteiger partial charge in [0, 0.05) is 48.3 Å². The molecule has 2 fully saturated rings. The molecule has 0 unspecified atom stereocenters. The van der Waals surface area contributed by atoms with E-state index >= 15 is 0 Å². The van der Waals surface area contributed by atoms with Crippen molar-refractivity contribution in [2.45, 2.75) is 51.2 Å². The molecule has 1 amide bonds. The van der Waals surface area contributed by atoms with Gasteiger partial charge in [-0.1, -0.05) is 23.2 Å². The van der Waals surface area contributed by atoms with E-state index in [-0.39, 0.29) is 11.6 Å². The van der Waals surface area contributed by atoms with Crippen molar-refractivity contribution in [3.8, 4) is 0 Å². The number of nitrogens with zero attached hydrogens (tertiary/aromatic N) is 2. The van der Waals surface area contributed by atoms with E-state index < -0.39 is 11.7 Å². The van der Waals surface area contributed by atoms with Crippen molar-refractivity contribution in [3.05, 3.63) is 68.4 Å². The number of hydrogen-bond donors (Lipinski definition) is 1. The van der Waals surface area contributed by atoms with Gasteiger partial charge in [0.2, 0.25) is 0 Å². The molecule has 1 saturated carbocycles. The van der Waals surface area contributed by atoms with Crippen LogP contribution in [0.5, 0.6) is 0 Å². The molecule has 2 aliphatic rings. The summed E-state index contributed by atoms with van der Waals surface area (Å²) in [4.78, 5) is 16.4. The maximum atomic E-state index is 14.5. The maximum absolute atomic E-state index is 14.5. The molecule has 166 valence electrons. The molecule has 7 heteroatoms. The molecule has 0 aromatic heterocycles. The lowest BCUT2D eigenvalue weighted by Crippen LogP contribution is -2.52. The maximum Gasteiger partial charge on any atom is 0.251 e. The van der Waals surface area contributed by atoms with Crippen LogP contribution in [0.3, 0.4) is 0 Å². The SMILES string of the molecule is C[C@@H]1CN(Cc2cc(F)c(C(N)=O)cc2C2CC2)CCN1[C@H](C)c1cc(Cl)cc(Cl)c1. The molecule has 0 radical (unpaired) electrons. The monoisotopic (exact) mass is 463 g/mol. The van der Waals surface area contributed by atoms with Gasteiger partial charge in [0.15, 0.2) is 0 Å². The number of carbonyl (C=O) groups excluding carboxylic acids is 1. The smallest absolute Gasteiger partial charge is 0.251 e. The number of hydrogen-bond acceptors (Lipinski definition) is 3. The van der Waals surface area contributed by atoms with E-state index in [9.17, 15) is 9.18 Å². The fraction of sp³-hybridized carbons (Fsp3) is 0.458. The Balaban J connectivity index is 1.47. The fourth-order valence-electron chi connectivity index (χ4n) is 4.75. The van der Waals surface area contributed by atoms with Gasteiger partial charge in [-0.25, -0.2) is 4.39 Å². The highest BCUT2D eigenvalue weighted by Gasteiger charge is 2.31. The second-order valence-electron chi connectivity index (χ2n) is 8.87. The number of piperazine rings is 1.